The highest BCUT2D eigenvalue weighted by molar-refractivity contribution is 7.19. The Morgan fingerprint density at radius 1 is 0.721 bits per heavy atom. The molecule has 6 unspecified atom stereocenters. The first kappa shape index (κ1) is 27.5. The summed E-state index contributed by atoms with van der Waals surface area (Å²) in [6, 6.07) is 26.0. The average Bonchev–Trinajstić information content (AvgIpc) is 3.48. The monoisotopic (exact) mass is 600 g/mol. The molecule has 9 rings (SSSR count). The van der Waals surface area contributed by atoms with Gasteiger partial charge in [0.1, 0.15) is 16.8 Å². The van der Waals surface area contributed by atoms with Gasteiger partial charge in [-0.15, -0.1) is 18.5 Å². The lowest BCUT2D eigenvalue weighted by Crippen LogP contribution is -2.55. The van der Waals surface area contributed by atoms with Crippen molar-refractivity contribution in [1.29, 1.82) is 0 Å². The van der Waals surface area contributed by atoms with Crippen molar-refractivity contribution in [2.24, 2.45) is 29.1 Å². The summed E-state index contributed by atoms with van der Waals surface area (Å²) in [5.41, 5.74) is 6.92. The molecule has 5 aliphatic rings. The highest BCUT2D eigenvalue weighted by Crippen LogP contribution is 2.71. The van der Waals surface area contributed by atoms with Crippen LogP contribution in [0.5, 0.6) is 0 Å². The van der Waals surface area contributed by atoms with E-state index in [1.807, 2.05) is 36.9 Å². The number of aromatic nitrogens is 4. The maximum absolute atomic E-state index is 4.91. The minimum Gasteiger partial charge on any atom is -0.240 e. The second-order valence-corrected chi connectivity index (χ2v) is 14.5. The molecule has 4 fully saturated rings. The molecule has 0 spiro atoms. The third-order valence-electron chi connectivity index (χ3n) is 11.0. The predicted octanol–water partition coefficient (Wildman–Crippen LogP) is 7.88. The van der Waals surface area contributed by atoms with Gasteiger partial charge in [0, 0.05) is 30.7 Å². The van der Waals surface area contributed by atoms with Crippen LogP contribution < -0.4 is 0 Å². The summed E-state index contributed by atoms with van der Waals surface area (Å²) in [6.07, 6.45) is 17.8. The number of allylic oxidation sites excluding steroid dienone is 4. The van der Waals surface area contributed by atoms with Gasteiger partial charge in [-0.05, 0) is 107 Å². The SMILES string of the molecule is PCC1C2CC3CC(C2)CC1(C1=C(C(P)(c2ncccn2)c2ncccn2)C=C(c2ccccc2)C1c1ccccc1)C3. The third kappa shape index (κ3) is 4.32. The molecular formula is C37H38N4P2. The molecule has 43 heavy (non-hydrogen) atoms. The van der Waals surface area contributed by atoms with Crippen LogP contribution in [0.2, 0.25) is 0 Å². The summed E-state index contributed by atoms with van der Waals surface area (Å²) in [6.45, 7) is 0. The lowest BCUT2D eigenvalue weighted by molar-refractivity contribution is -0.0798. The second kappa shape index (κ2) is 10.8. The quantitative estimate of drug-likeness (QED) is 0.203. The Morgan fingerprint density at radius 2 is 1.28 bits per heavy atom. The number of rotatable bonds is 7. The molecule has 0 radical (unpaired) electrons. The van der Waals surface area contributed by atoms with Crippen LogP contribution in [0.3, 0.4) is 0 Å². The van der Waals surface area contributed by atoms with E-state index in [0.717, 1.165) is 35.6 Å². The van der Waals surface area contributed by atoms with E-state index in [1.54, 1.807) is 5.57 Å². The Kier molecular flexibility index (Phi) is 6.92. The molecule has 6 atom stereocenters. The molecule has 2 aromatic carbocycles. The van der Waals surface area contributed by atoms with Crippen LogP contribution in [0, 0.1) is 29.1 Å². The van der Waals surface area contributed by atoms with Crippen LogP contribution in [0.4, 0.5) is 0 Å². The minimum absolute atomic E-state index is 0.102. The largest absolute Gasteiger partial charge is 0.240 e. The number of nitrogens with zero attached hydrogens (tertiary/aromatic N) is 4. The van der Waals surface area contributed by atoms with Crippen LogP contribution in [-0.4, -0.2) is 26.1 Å². The average molecular weight is 601 g/mol. The Labute approximate surface area is 259 Å². The molecule has 4 nitrogen and oxygen atoms in total. The van der Waals surface area contributed by atoms with Crippen molar-refractivity contribution in [2.45, 2.75) is 43.2 Å². The minimum atomic E-state index is -0.795. The fraction of sp³-hybridized carbons (Fsp3) is 0.351. The van der Waals surface area contributed by atoms with Crippen molar-refractivity contribution in [2.75, 3.05) is 6.16 Å². The molecule has 2 aromatic heterocycles. The topological polar surface area (TPSA) is 51.6 Å². The molecule has 4 bridgehead atoms. The normalized spacial score (nSPS) is 29.6. The van der Waals surface area contributed by atoms with Gasteiger partial charge in [-0.2, -0.15) is 0 Å². The van der Waals surface area contributed by atoms with Gasteiger partial charge in [-0.1, -0.05) is 66.7 Å². The Morgan fingerprint density at radius 3 is 1.84 bits per heavy atom. The van der Waals surface area contributed by atoms with Crippen molar-refractivity contribution in [3.05, 3.63) is 138 Å². The van der Waals surface area contributed by atoms with Crippen molar-refractivity contribution in [3.63, 3.8) is 0 Å². The van der Waals surface area contributed by atoms with E-state index in [0.29, 0.717) is 5.92 Å². The van der Waals surface area contributed by atoms with E-state index >= 15 is 0 Å². The van der Waals surface area contributed by atoms with Crippen molar-refractivity contribution >= 4 is 24.1 Å². The maximum Gasteiger partial charge on any atom is 0.150 e. The Bertz CT molecular complexity index is 1620. The summed E-state index contributed by atoms with van der Waals surface area (Å²) >= 11 is 0. The molecule has 5 aliphatic carbocycles. The molecule has 4 saturated carbocycles. The van der Waals surface area contributed by atoms with E-state index in [1.165, 1.54) is 54.4 Å². The van der Waals surface area contributed by atoms with Crippen molar-refractivity contribution < 1.29 is 0 Å². The molecule has 4 aromatic rings. The van der Waals surface area contributed by atoms with Crippen LogP contribution in [0.25, 0.3) is 5.57 Å². The van der Waals surface area contributed by atoms with E-state index in [2.05, 4.69) is 85.2 Å². The van der Waals surface area contributed by atoms with Gasteiger partial charge in [0.05, 0.1) is 0 Å². The van der Waals surface area contributed by atoms with E-state index in [-0.39, 0.29) is 11.3 Å². The standard InChI is InChI=1S/C37H38N4P2/c42-23-31-28-18-24-17-25(19-28)22-36(31,21-24)33-30(37(43,34-38-13-7-14-39-34)35-40-15-8-16-41-35)20-29(26-9-3-1-4-10-26)32(33)27-11-5-2-6-12-27/h1-16,20,24-25,28,31-32H,17-19,21-23,42-43H2. The molecule has 0 aliphatic heterocycles. The van der Waals surface area contributed by atoms with Crippen LogP contribution in [0.1, 0.15) is 60.8 Å². The van der Waals surface area contributed by atoms with Gasteiger partial charge in [0.15, 0.2) is 0 Å². The van der Waals surface area contributed by atoms with Gasteiger partial charge in [0.2, 0.25) is 0 Å². The maximum atomic E-state index is 4.91. The molecule has 0 saturated heterocycles. The van der Waals surface area contributed by atoms with E-state index in [4.69, 9.17) is 19.9 Å². The first-order valence-electron chi connectivity index (χ1n) is 15.7. The van der Waals surface area contributed by atoms with Crippen LogP contribution in [0.15, 0.2) is 115 Å². The molecule has 0 N–H and O–H groups in total. The van der Waals surface area contributed by atoms with Gasteiger partial charge in [-0.25, -0.2) is 19.9 Å². The lowest BCUT2D eigenvalue weighted by atomic mass is 9.42. The lowest BCUT2D eigenvalue weighted by Gasteiger charge is -2.63. The molecular weight excluding hydrogens is 562 g/mol. The van der Waals surface area contributed by atoms with Gasteiger partial charge >= 0.3 is 0 Å². The molecule has 216 valence electrons. The predicted molar refractivity (Wildman–Crippen MR) is 179 cm³/mol. The zero-order chi connectivity index (χ0) is 29.0. The van der Waals surface area contributed by atoms with Gasteiger partial charge in [0.25, 0.3) is 0 Å². The molecule has 0 amide bonds. The fourth-order valence-corrected chi connectivity index (χ4v) is 11.1. The van der Waals surface area contributed by atoms with Gasteiger partial charge < -0.3 is 0 Å². The van der Waals surface area contributed by atoms with Crippen LogP contribution in [-0.2, 0) is 5.16 Å². The van der Waals surface area contributed by atoms with E-state index in [9.17, 15) is 0 Å². The smallest absolute Gasteiger partial charge is 0.150 e. The molecule has 2 heterocycles. The Balaban J connectivity index is 1.48. The van der Waals surface area contributed by atoms with Crippen molar-refractivity contribution in [3.8, 4) is 0 Å². The Hall–Kier alpha value is -3.06. The van der Waals surface area contributed by atoms with Crippen molar-refractivity contribution in [1.82, 2.24) is 19.9 Å². The third-order valence-corrected chi connectivity index (χ3v) is 12.3. The highest BCUT2D eigenvalue weighted by atomic mass is 31.0. The number of hydrogen-bond acceptors (Lipinski definition) is 4. The summed E-state index contributed by atoms with van der Waals surface area (Å²) in [4.78, 5) is 19.6. The second-order valence-electron chi connectivity index (χ2n) is 13.2. The molecule has 6 heteroatoms. The first-order chi connectivity index (χ1) is 21.1. The number of hydrogen-bond donors (Lipinski definition) is 0. The highest BCUT2D eigenvalue weighted by Gasteiger charge is 2.61. The number of benzene rings is 2. The summed E-state index contributed by atoms with van der Waals surface area (Å²) in [5.74, 6) is 4.61. The van der Waals surface area contributed by atoms with Crippen LogP contribution >= 0.6 is 18.5 Å². The zero-order valence-corrected chi connectivity index (χ0v) is 26.7. The van der Waals surface area contributed by atoms with Gasteiger partial charge in [-0.3, -0.25) is 0 Å². The summed E-state index contributed by atoms with van der Waals surface area (Å²) in [7, 11) is 6.36. The fourth-order valence-electron chi connectivity index (χ4n) is 9.71. The zero-order valence-electron chi connectivity index (χ0n) is 24.4. The summed E-state index contributed by atoms with van der Waals surface area (Å²) in [5, 5.41) is -0.795. The first-order valence-corrected chi connectivity index (χ1v) is 17.1. The van der Waals surface area contributed by atoms with E-state index < -0.39 is 5.16 Å². The summed E-state index contributed by atoms with van der Waals surface area (Å²) < 4.78 is 0.